The molecule has 2 saturated heterocycles. The van der Waals surface area contributed by atoms with Crippen molar-refractivity contribution < 1.29 is 24.1 Å². The molecule has 0 aromatic carbocycles. The molecule has 4 rings (SSSR count). The van der Waals surface area contributed by atoms with Crippen molar-refractivity contribution in [1.29, 1.82) is 0 Å². The molecule has 0 amide bonds. The van der Waals surface area contributed by atoms with Gasteiger partial charge in [0.1, 0.15) is 8.65 Å². The SMILES string of the molecule is COC1(OC)C2(Br)CC3C(C)(C)OC4(OCC24O)C31Br. The minimum Gasteiger partial charge on any atom is -0.380 e. The molecule has 5 nitrogen and oxygen atoms in total. The number of methoxy groups -OCH3 is 2. The first-order chi connectivity index (χ1) is 9.12. The second kappa shape index (κ2) is 3.32. The predicted molar refractivity (Wildman–Crippen MR) is 77.0 cm³/mol. The largest absolute Gasteiger partial charge is 0.380 e. The Balaban J connectivity index is 2.07. The van der Waals surface area contributed by atoms with Crippen LogP contribution >= 0.6 is 31.9 Å². The molecule has 2 saturated carbocycles. The lowest BCUT2D eigenvalue weighted by Crippen LogP contribution is -2.77. The van der Waals surface area contributed by atoms with Gasteiger partial charge in [0.2, 0.25) is 11.6 Å². The van der Waals surface area contributed by atoms with E-state index in [-0.39, 0.29) is 12.5 Å². The van der Waals surface area contributed by atoms with Crippen LogP contribution in [0.2, 0.25) is 0 Å². The zero-order chi connectivity index (χ0) is 14.8. The van der Waals surface area contributed by atoms with Crippen LogP contribution in [0.15, 0.2) is 0 Å². The third-order valence-corrected chi connectivity index (χ3v) is 9.05. The normalized spacial score (nSPS) is 60.5. The highest BCUT2D eigenvalue weighted by Crippen LogP contribution is 2.85. The van der Waals surface area contributed by atoms with E-state index in [0.717, 1.165) is 0 Å². The lowest BCUT2D eigenvalue weighted by molar-refractivity contribution is -0.407. The summed E-state index contributed by atoms with van der Waals surface area (Å²) in [5, 5.41) is 11.3. The lowest BCUT2D eigenvalue weighted by Gasteiger charge is -2.57. The number of hydrogen-bond donors (Lipinski definition) is 1. The molecule has 0 radical (unpaired) electrons. The van der Waals surface area contributed by atoms with Gasteiger partial charge in [-0.25, -0.2) is 0 Å². The van der Waals surface area contributed by atoms with E-state index in [9.17, 15) is 5.11 Å². The van der Waals surface area contributed by atoms with Crippen LogP contribution in [-0.4, -0.2) is 57.4 Å². The van der Waals surface area contributed by atoms with E-state index in [1.54, 1.807) is 14.2 Å². The van der Waals surface area contributed by atoms with Crippen LogP contribution in [-0.2, 0) is 18.9 Å². The van der Waals surface area contributed by atoms with E-state index in [1.807, 2.05) is 13.8 Å². The zero-order valence-electron chi connectivity index (χ0n) is 11.8. The molecule has 20 heavy (non-hydrogen) atoms. The number of ether oxygens (including phenoxy) is 4. The second-order valence-corrected chi connectivity index (χ2v) is 9.37. The van der Waals surface area contributed by atoms with Crippen LogP contribution in [0.5, 0.6) is 0 Å². The van der Waals surface area contributed by atoms with Crippen molar-refractivity contribution in [3.8, 4) is 0 Å². The fourth-order valence-electron chi connectivity index (χ4n) is 5.14. The Morgan fingerprint density at radius 2 is 1.80 bits per heavy atom. The molecule has 4 aliphatic rings. The summed E-state index contributed by atoms with van der Waals surface area (Å²) in [5.41, 5.74) is -1.65. The third-order valence-electron chi connectivity index (χ3n) is 5.95. The molecule has 1 N–H and O–H groups in total. The van der Waals surface area contributed by atoms with Gasteiger partial charge in [0.25, 0.3) is 0 Å². The minimum absolute atomic E-state index is 0.0786. The average molecular weight is 414 g/mol. The van der Waals surface area contributed by atoms with Gasteiger partial charge in [0, 0.05) is 20.1 Å². The van der Waals surface area contributed by atoms with E-state index < -0.39 is 31.4 Å². The summed E-state index contributed by atoms with van der Waals surface area (Å²) < 4.78 is 22.1. The molecule has 2 heterocycles. The first kappa shape index (κ1) is 14.4. The Kier molecular flexibility index (Phi) is 2.38. The van der Waals surface area contributed by atoms with Crippen LogP contribution in [0, 0.1) is 5.92 Å². The molecular formula is C13H18Br2O5. The van der Waals surface area contributed by atoms with Gasteiger partial charge in [-0.05, 0) is 20.3 Å². The maximum absolute atomic E-state index is 11.3. The number of rotatable bonds is 2. The van der Waals surface area contributed by atoms with Crippen LogP contribution in [0.25, 0.3) is 0 Å². The molecule has 1 spiro atoms. The molecule has 5 unspecified atom stereocenters. The zero-order valence-corrected chi connectivity index (χ0v) is 15.0. The summed E-state index contributed by atoms with van der Waals surface area (Å²) in [5.74, 6) is -2.14. The van der Waals surface area contributed by atoms with Crippen molar-refractivity contribution in [2.24, 2.45) is 5.92 Å². The van der Waals surface area contributed by atoms with Crippen LogP contribution in [0.4, 0.5) is 0 Å². The summed E-state index contributed by atoms with van der Waals surface area (Å²) in [4.78, 5) is 0. The summed E-state index contributed by atoms with van der Waals surface area (Å²) >= 11 is 7.58. The van der Waals surface area contributed by atoms with Gasteiger partial charge < -0.3 is 24.1 Å². The Labute approximate surface area is 134 Å². The Morgan fingerprint density at radius 1 is 1.20 bits per heavy atom. The third kappa shape index (κ3) is 0.885. The summed E-state index contributed by atoms with van der Waals surface area (Å²) in [6.07, 6.45) is 0.675. The molecular weight excluding hydrogens is 396 g/mol. The first-order valence-electron chi connectivity index (χ1n) is 6.67. The van der Waals surface area contributed by atoms with Gasteiger partial charge in [0.05, 0.1) is 12.2 Å². The molecule has 2 aliphatic carbocycles. The molecule has 0 aromatic rings. The highest BCUT2D eigenvalue weighted by molar-refractivity contribution is 9.11. The van der Waals surface area contributed by atoms with Crippen molar-refractivity contribution in [2.45, 2.75) is 51.7 Å². The molecule has 114 valence electrons. The maximum Gasteiger partial charge on any atom is 0.223 e. The van der Waals surface area contributed by atoms with Gasteiger partial charge in [-0.3, -0.25) is 0 Å². The number of aliphatic hydroxyl groups is 1. The smallest absolute Gasteiger partial charge is 0.223 e. The summed E-state index contributed by atoms with van der Waals surface area (Å²) in [7, 11) is 3.19. The van der Waals surface area contributed by atoms with Gasteiger partial charge >= 0.3 is 0 Å². The fraction of sp³-hybridized carbons (Fsp3) is 1.00. The quantitative estimate of drug-likeness (QED) is 0.549. The maximum atomic E-state index is 11.3. The van der Waals surface area contributed by atoms with Crippen LogP contribution < -0.4 is 0 Å². The fourth-order valence-corrected chi connectivity index (χ4v) is 8.64. The van der Waals surface area contributed by atoms with Crippen molar-refractivity contribution in [3.63, 3.8) is 0 Å². The molecule has 2 bridgehead atoms. The topological polar surface area (TPSA) is 57.2 Å². The highest BCUT2D eigenvalue weighted by atomic mass is 79.9. The standard InChI is InChI=1S/C13H18Br2O5/c1-8(2)7-5-9(14)10(16)6-19-13(10,20-8)11(7,15)12(9,17-3)18-4/h7,16H,5-6H2,1-4H3. The number of fused-ring (bicyclic) bond motifs is 2. The second-order valence-electron chi connectivity index (χ2n) is 6.77. The number of alkyl halides is 2. The molecule has 5 atom stereocenters. The first-order valence-corrected chi connectivity index (χ1v) is 8.26. The van der Waals surface area contributed by atoms with E-state index >= 15 is 0 Å². The van der Waals surface area contributed by atoms with Crippen molar-refractivity contribution >= 4 is 31.9 Å². The van der Waals surface area contributed by atoms with E-state index in [2.05, 4.69) is 31.9 Å². The van der Waals surface area contributed by atoms with E-state index in [4.69, 9.17) is 18.9 Å². The van der Waals surface area contributed by atoms with E-state index in [1.165, 1.54) is 0 Å². The van der Waals surface area contributed by atoms with Crippen molar-refractivity contribution in [3.05, 3.63) is 0 Å². The van der Waals surface area contributed by atoms with Crippen molar-refractivity contribution in [2.75, 3.05) is 20.8 Å². The molecule has 7 heteroatoms. The summed E-state index contributed by atoms with van der Waals surface area (Å²) in [6, 6.07) is 0. The summed E-state index contributed by atoms with van der Waals surface area (Å²) in [6.45, 7) is 4.23. The van der Waals surface area contributed by atoms with Gasteiger partial charge in [0.15, 0.2) is 5.60 Å². The van der Waals surface area contributed by atoms with E-state index in [0.29, 0.717) is 6.42 Å². The van der Waals surface area contributed by atoms with Crippen LogP contribution in [0.3, 0.4) is 0 Å². The molecule has 2 aliphatic heterocycles. The van der Waals surface area contributed by atoms with Gasteiger partial charge in [-0.15, -0.1) is 0 Å². The molecule has 0 aromatic heterocycles. The number of hydrogen-bond acceptors (Lipinski definition) is 5. The van der Waals surface area contributed by atoms with Crippen molar-refractivity contribution in [1.82, 2.24) is 0 Å². The van der Waals surface area contributed by atoms with Gasteiger partial charge in [-0.1, -0.05) is 31.9 Å². The Bertz CT molecular complexity index is 505. The monoisotopic (exact) mass is 412 g/mol. The van der Waals surface area contributed by atoms with Gasteiger partial charge in [-0.2, -0.15) is 0 Å². The Hall–Kier alpha value is 0.760. The average Bonchev–Trinajstić information content (AvgIpc) is 2.72. The minimum atomic E-state index is -1.19. The molecule has 4 fully saturated rings. The highest BCUT2D eigenvalue weighted by Gasteiger charge is 3.03. The van der Waals surface area contributed by atoms with Crippen LogP contribution in [0.1, 0.15) is 20.3 Å². The lowest BCUT2D eigenvalue weighted by atomic mass is 9.70. The Morgan fingerprint density at radius 3 is 2.25 bits per heavy atom. The predicted octanol–water partition coefficient (Wildman–Crippen LogP) is 1.54. The number of halogens is 2.